The number of hydrogen-bond acceptors (Lipinski definition) is 4. The van der Waals surface area contributed by atoms with Crippen LogP contribution in [0.1, 0.15) is 11.3 Å². The summed E-state index contributed by atoms with van der Waals surface area (Å²) >= 11 is 0. The first-order chi connectivity index (χ1) is 9.50. The quantitative estimate of drug-likeness (QED) is 0.632. The number of rotatable bonds is 4. The van der Waals surface area contributed by atoms with E-state index in [0.717, 1.165) is 0 Å². The molecule has 0 unspecified atom stereocenters. The van der Waals surface area contributed by atoms with Crippen molar-refractivity contribution >= 4 is 17.6 Å². The Kier molecular flexibility index (Phi) is 3.60. The summed E-state index contributed by atoms with van der Waals surface area (Å²) in [6.45, 7) is 0. The minimum absolute atomic E-state index is 0.110. The molecule has 2 aromatic rings. The molecule has 0 amide bonds. The maximum Gasteiger partial charge on any atom is 0.323 e. The monoisotopic (exact) mass is 273 g/mol. The maximum absolute atomic E-state index is 11.2. The number of benzene rings is 1. The lowest BCUT2D eigenvalue weighted by atomic mass is 10.1. The van der Waals surface area contributed by atoms with Crippen molar-refractivity contribution in [2.75, 3.05) is 0 Å². The van der Waals surface area contributed by atoms with E-state index in [9.17, 15) is 20.2 Å². The molecule has 0 aliphatic rings. The van der Waals surface area contributed by atoms with Crippen molar-refractivity contribution in [3.05, 3.63) is 74.0 Å². The van der Waals surface area contributed by atoms with Crippen molar-refractivity contribution in [2.45, 2.75) is 0 Å². The van der Waals surface area contributed by atoms with E-state index in [-0.39, 0.29) is 11.5 Å². The first-order valence-electron chi connectivity index (χ1n) is 5.72. The minimum atomic E-state index is -0.536. The molecule has 0 fully saturated rings. The molecule has 2 rings (SSSR count). The van der Waals surface area contributed by atoms with E-state index < -0.39 is 9.85 Å². The normalized spacial score (nSPS) is 11.3. The third-order valence-corrected chi connectivity index (χ3v) is 2.87. The first kappa shape index (κ1) is 13.5. The molecule has 1 heterocycles. The van der Waals surface area contributed by atoms with Crippen molar-refractivity contribution in [3.63, 3.8) is 0 Å². The van der Waals surface area contributed by atoms with Gasteiger partial charge in [-0.3, -0.25) is 10.1 Å². The van der Waals surface area contributed by atoms with Crippen LogP contribution in [0.3, 0.4) is 0 Å². The summed E-state index contributed by atoms with van der Waals surface area (Å²) in [5.74, 6) is -0.119. The lowest BCUT2D eigenvalue weighted by Gasteiger charge is -1.99. The summed E-state index contributed by atoms with van der Waals surface area (Å²) in [6.07, 6.45) is 1.32. The van der Waals surface area contributed by atoms with Gasteiger partial charge in [0.05, 0.1) is 23.6 Å². The second-order valence-electron chi connectivity index (χ2n) is 4.09. The molecule has 20 heavy (non-hydrogen) atoms. The molecule has 0 saturated heterocycles. The van der Waals surface area contributed by atoms with Gasteiger partial charge in [0, 0.05) is 6.07 Å². The van der Waals surface area contributed by atoms with Gasteiger partial charge in [-0.1, -0.05) is 18.2 Å². The molecular formula is C13H11N3O4. The summed E-state index contributed by atoms with van der Waals surface area (Å²) in [6, 6.07) is 11.2. The van der Waals surface area contributed by atoms with Gasteiger partial charge in [0.15, 0.2) is 0 Å². The van der Waals surface area contributed by atoms with E-state index in [4.69, 9.17) is 0 Å². The van der Waals surface area contributed by atoms with E-state index >= 15 is 0 Å². The van der Waals surface area contributed by atoms with Crippen molar-refractivity contribution in [2.24, 2.45) is 7.05 Å². The zero-order valence-corrected chi connectivity index (χ0v) is 10.6. The Hall–Kier alpha value is -2.96. The zero-order chi connectivity index (χ0) is 14.7. The second kappa shape index (κ2) is 5.35. The molecule has 1 aromatic heterocycles. The highest BCUT2D eigenvalue weighted by Crippen LogP contribution is 2.22. The lowest BCUT2D eigenvalue weighted by molar-refractivity contribution is -0.391. The summed E-state index contributed by atoms with van der Waals surface area (Å²) in [7, 11) is 1.49. The van der Waals surface area contributed by atoms with E-state index in [2.05, 4.69) is 0 Å². The van der Waals surface area contributed by atoms with Crippen LogP contribution in [0.2, 0.25) is 0 Å². The fraction of sp³-hybridized carbons (Fsp3) is 0.0769. The Morgan fingerprint density at radius 1 is 1.10 bits per heavy atom. The Morgan fingerprint density at radius 3 is 2.25 bits per heavy atom. The lowest BCUT2D eigenvalue weighted by Crippen LogP contribution is -2.01. The van der Waals surface area contributed by atoms with Crippen molar-refractivity contribution in [1.82, 2.24) is 4.57 Å². The Bertz CT molecular complexity index is 689. The van der Waals surface area contributed by atoms with Crippen LogP contribution in [0.4, 0.5) is 5.82 Å². The topological polar surface area (TPSA) is 91.2 Å². The first-order valence-corrected chi connectivity index (χ1v) is 5.72. The third kappa shape index (κ3) is 2.56. The fourth-order valence-electron chi connectivity index (χ4n) is 1.83. The highest BCUT2D eigenvalue weighted by molar-refractivity contribution is 5.75. The molecule has 0 saturated carbocycles. The van der Waals surface area contributed by atoms with Gasteiger partial charge in [0.25, 0.3) is 5.70 Å². The van der Waals surface area contributed by atoms with Crippen molar-refractivity contribution in [1.29, 1.82) is 0 Å². The third-order valence-electron chi connectivity index (χ3n) is 2.87. The number of hydrogen-bond donors (Lipinski definition) is 0. The highest BCUT2D eigenvalue weighted by Gasteiger charge is 2.19. The summed E-state index contributed by atoms with van der Waals surface area (Å²) in [5.41, 5.74) is 0.732. The number of nitrogens with zero attached hydrogens (tertiary/aromatic N) is 3. The Labute approximate surface area is 114 Å². The molecule has 1 aromatic carbocycles. The van der Waals surface area contributed by atoms with E-state index in [1.165, 1.54) is 29.8 Å². The molecule has 7 heteroatoms. The van der Waals surface area contributed by atoms with Crippen molar-refractivity contribution < 1.29 is 9.85 Å². The van der Waals surface area contributed by atoms with Crippen LogP contribution in [-0.4, -0.2) is 14.4 Å². The average molecular weight is 273 g/mol. The van der Waals surface area contributed by atoms with E-state index in [1.54, 1.807) is 30.3 Å². The predicted octanol–water partition coefficient (Wildman–Crippen LogP) is 2.71. The van der Waals surface area contributed by atoms with Crippen LogP contribution in [0.25, 0.3) is 11.8 Å². The second-order valence-corrected chi connectivity index (χ2v) is 4.09. The van der Waals surface area contributed by atoms with Gasteiger partial charge in [0.2, 0.25) is 0 Å². The number of nitro groups is 2. The van der Waals surface area contributed by atoms with Crippen LogP contribution in [0.5, 0.6) is 0 Å². The molecule has 0 aliphatic carbocycles. The van der Waals surface area contributed by atoms with Crippen LogP contribution in [-0.2, 0) is 7.05 Å². The maximum atomic E-state index is 11.2. The zero-order valence-electron chi connectivity index (χ0n) is 10.6. The van der Waals surface area contributed by atoms with E-state index in [1.807, 2.05) is 0 Å². The molecule has 0 atom stereocenters. The predicted molar refractivity (Wildman–Crippen MR) is 73.4 cm³/mol. The van der Waals surface area contributed by atoms with Gasteiger partial charge < -0.3 is 10.1 Å². The molecular weight excluding hydrogens is 262 g/mol. The largest absolute Gasteiger partial charge is 0.358 e. The molecule has 0 bridgehead atoms. The minimum Gasteiger partial charge on any atom is -0.358 e. The molecule has 0 N–H and O–H groups in total. The van der Waals surface area contributed by atoms with Gasteiger partial charge in [0.1, 0.15) is 5.69 Å². The van der Waals surface area contributed by atoms with Gasteiger partial charge in [-0.2, -0.15) is 0 Å². The average Bonchev–Trinajstić information content (AvgIpc) is 2.78. The summed E-state index contributed by atoms with van der Waals surface area (Å²) in [4.78, 5) is 20.9. The summed E-state index contributed by atoms with van der Waals surface area (Å²) < 4.78 is 1.30. The smallest absolute Gasteiger partial charge is 0.323 e. The fourth-order valence-corrected chi connectivity index (χ4v) is 1.83. The molecule has 0 aliphatic heterocycles. The summed E-state index contributed by atoms with van der Waals surface area (Å²) in [5, 5.41) is 21.9. The van der Waals surface area contributed by atoms with Crippen LogP contribution < -0.4 is 0 Å². The number of aromatic nitrogens is 1. The van der Waals surface area contributed by atoms with Gasteiger partial charge in [-0.15, -0.1) is 0 Å². The standard InChI is InChI=1S/C13H11N3O4/c1-14-11(7-8-13(14)16(19)20)9-12(15(17)18)10-5-3-2-4-6-10/h2-9H,1H3/b12-9+. The van der Waals surface area contributed by atoms with Gasteiger partial charge in [-0.05, 0) is 23.1 Å². The van der Waals surface area contributed by atoms with Crippen LogP contribution >= 0.6 is 0 Å². The molecule has 0 spiro atoms. The Balaban J connectivity index is 2.51. The molecule has 0 radical (unpaired) electrons. The highest BCUT2D eigenvalue weighted by atomic mass is 16.6. The van der Waals surface area contributed by atoms with Crippen LogP contribution in [0, 0.1) is 20.2 Å². The van der Waals surface area contributed by atoms with Gasteiger partial charge >= 0.3 is 5.82 Å². The molecule has 102 valence electrons. The van der Waals surface area contributed by atoms with E-state index in [0.29, 0.717) is 11.3 Å². The SMILES string of the molecule is Cn1c(/C=C(\c2ccccc2)[N+](=O)[O-])ccc1[N+](=O)[O-]. The Morgan fingerprint density at radius 2 is 1.75 bits per heavy atom. The molecule has 7 nitrogen and oxygen atoms in total. The van der Waals surface area contributed by atoms with Crippen LogP contribution in [0.15, 0.2) is 42.5 Å². The van der Waals surface area contributed by atoms with Crippen molar-refractivity contribution in [3.8, 4) is 0 Å². The van der Waals surface area contributed by atoms with Gasteiger partial charge in [-0.25, -0.2) is 4.57 Å².